The Morgan fingerprint density at radius 2 is 1.79 bits per heavy atom. The van der Waals surface area contributed by atoms with Crippen molar-refractivity contribution in [2.24, 2.45) is 0 Å². The Morgan fingerprint density at radius 3 is 2.52 bits per heavy atom. The van der Waals surface area contributed by atoms with Gasteiger partial charge in [-0.15, -0.1) is 0 Å². The molecule has 0 spiro atoms. The highest BCUT2D eigenvalue weighted by molar-refractivity contribution is 5.80. The van der Waals surface area contributed by atoms with Gasteiger partial charge in [0.05, 0.1) is 17.2 Å². The summed E-state index contributed by atoms with van der Waals surface area (Å²) < 4.78 is 14.6. The van der Waals surface area contributed by atoms with Crippen LogP contribution < -0.4 is 10.5 Å². The van der Waals surface area contributed by atoms with Crippen LogP contribution in [0.3, 0.4) is 0 Å². The van der Waals surface area contributed by atoms with Gasteiger partial charge in [-0.1, -0.05) is 12.1 Å². The topological polar surface area (TPSA) is 58.4 Å². The molecule has 0 saturated carbocycles. The normalized spacial score (nSPS) is 14.4. The fourth-order valence-electron chi connectivity index (χ4n) is 3.74. The summed E-state index contributed by atoms with van der Waals surface area (Å²) in [6.07, 6.45) is 1.78. The fraction of sp³-hybridized carbons (Fsp3) is 0.318. The van der Waals surface area contributed by atoms with E-state index in [2.05, 4.69) is 9.88 Å². The average Bonchev–Trinajstić information content (AvgIpc) is 2.74. The highest BCUT2D eigenvalue weighted by Gasteiger charge is 2.21. The largest absolute Gasteiger partial charge is 0.368 e. The summed E-state index contributed by atoms with van der Waals surface area (Å²) >= 11 is 0. The third-order valence-electron chi connectivity index (χ3n) is 5.45. The average molecular weight is 394 g/mol. The zero-order chi connectivity index (χ0) is 20.4. The molecule has 0 unspecified atom stereocenters. The number of nitrogens with zero attached hydrogens (tertiary/aromatic N) is 4. The third kappa shape index (κ3) is 3.99. The second-order valence-corrected chi connectivity index (χ2v) is 7.31. The Morgan fingerprint density at radius 1 is 1.07 bits per heavy atom. The van der Waals surface area contributed by atoms with E-state index in [1.807, 2.05) is 24.0 Å². The number of aryl methyl sites for hydroxylation is 2. The minimum Gasteiger partial charge on any atom is -0.368 e. The number of amides is 1. The van der Waals surface area contributed by atoms with Crippen molar-refractivity contribution < 1.29 is 9.18 Å². The molecule has 0 atom stereocenters. The predicted octanol–water partition coefficient (Wildman–Crippen LogP) is 2.58. The standard InChI is InChI=1S/C22H23FN4O2/c1-16-3-2-4-19-21(16)24-15-27(22(19)29)10-9-20(28)26-13-11-25(12-14-26)18-7-5-17(23)6-8-18/h2-8,15H,9-14H2,1H3. The number of piperazine rings is 1. The quantitative estimate of drug-likeness (QED) is 0.683. The molecule has 0 aliphatic carbocycles. The van der Waals surface area contributed by atoms with Crippen molar-refractivity contribution in [3.63, 3.8) is 0 Å². The number of halogens is 1. The van der Waals surface area contributed by atoms with Crippen molar-refractivity contribution in [2.45, 2.75) is 19.9 Å². The maximum absolute atomic E-state index is 13.1. The molecule has 0 radical (unpaired) electrons. The Kier molecular flexibility index (Phi) is 5.29. The number of para-hydroxylation sites is 1. The Balaban J connectivity index is 1.36. The summed E-state index contributed by atoms with van der Waals surface area (Å²) in [6.45, 7) is 4.86. The van der Waals surface area contributed by atoms with E-state index in [4.69, 9.17) is 0 Å². The molecule has 1 amide bonds. The molecule has 1 fully saturated rings. The number of benzene rings is 2. The zero-order valence-corrected chi connectivity index (χ0v) is 16.3. The van der Waals surface area contributed by atoms with Crippen LogP contribution in [0.15, 0.2) is 53.6 Å². The number of carbonyl (C=O) groups is 1. The number of fused-ring (bicyclic) bond motifs is 1. The van der Waals surface area contributed by atoms with E-state index in [1.54, 1.807) is 18.2 Å². The minimum absolute atomic E-state index is 0.0278. The summed E-state index contributed by atoms with van der Waals surface area (Å²) in [5, 5.41) is 0.577. The molecular weight excluding hydrogens is 371 g/mol. The molecule has 0 bridgehead atoms. The van der Waals surface area contributed by atoms with Gasteiger partial charge in [0, 0.05) is 44.8 Å². The molecule has 7 heteroatoms. The van der Waals surface area contributed by atoms with Crippen LogP contribution in [0, 0.1) is 12.7 Å². The summed E-state index contributed by atoms with van der Waals surface area (Å²) in [5.74, 6) is -0.226. The van der Waals surface area contributed by atoms with Gasteiger partial charge in [0.15, 0.2) is 0 Å². The summed E-state index contributed by atoms with van der Waals surface area (Å²) in [7, 11) is 0. The maximum Gasteiger partial charge on any atom is 0.261 e. The number of carbonyl (C=O) groups excluding carboxylic acids is 1. The number of hydrogen-bond donors (Lipinski definition) is 0. The second kappa shape index (κ2) is 8.03. The van der Waals surface area contributed by atoms with Crippen LogP contribution in [0.25, 0.3) is 10.9 Å². The molecule has 2 aromatic carbocycles. The van der Waals surface area contributed by atoms with Crippen molar-refractivity contribution in [2.75, 3.05) is 31.1 Å². The summed E-state index contributed by atoms with van der Waals surface area (Å²) in [6, 6.07) is 11.9. The predicted molar refractivity (Wildman–Crippen MR) is 111 cm³/mol. The van der Waals surface area contributed by atoms with E-state index in [1.165, 1.54) is 23.0 Å². The molecule has 0 N–H and O–H groups in total. The lowest BCUT2D eigenvalue weighted by Gasteiger charge is -2.36. The Bertz CT molecular complexity index is 1090. The monoisotopic (exact) mass is 394 g/mol. The number of rotatable bonds is 4. The van der Waals surface area contributed by atoms with Gasteiger partial charge < -0.3 is 9.80 Å². The van der Waals surface area contributed by atoms with E-state index in [9.17, 15) is 14.0 Å². The zero-order valence-electron chi connectivity index (χ0n) is 16.3. The smallest absolute Gasteiger partial charge is 0.261 e. The number of aromatic nitrogens is 2. The van der Waals surface area contributed by atoms with Crippen LogP contribution in [0.1, 0.15) is 12.0 Å². The first-order chi connectivity index (χ1) is 14.0. The molecule has 1 aliphatic heterocycles. The van der Waals surface area contributed by atoms with Gasteiger partial charge in [0.25, 0.3) is 5.56 Å². The van der Waals surface area contributed by atoms with Crippen LogP contribution >= 0.6 is 0 Å². The van der Waals surface area contributed by atoms with Gasteiger partial charge in [-0.05, 0) is 42.8 Å². The molecule has 6 nitrogen and oxygen atoms in total. The molecule has 2 heterocycles. The molecule has 1 aliphatic rings. The van der Waals surface area contributed by atoms with Crippen molar-refractivity contribution >= 4 is 22.5 Å². The highest BCUT2D eigenvalue weighted by atomic mass is 19.1. The van der Waals surface area contributed by atoms with Gasteiger partial charge in [0.2, 0.25) is 5.91 Å². The van der Waals surface area contributed by atoms with Crippen molar-refractivity contribution in [1.29, 1.82) is 0 Å². The molecular formula is C22H23FN4O2. The lowest BCUT2D eigenvalue weighted by molar-refractivity contribution is -0.131. The maximum atomic E-state index is 13.1. The number of anilines is 1. The van der Waals surface area contributed by atoms with Crippen molar-refractivity contribution in [1.82, 2.24) is 14.5 Å². The first kappa shape index (κ1) is 19.1. The van der Waals surface area contributed by atoms with E-state index >= 15 is 0 Å². The molecule has 1 aromatic heterocycles. The van der Waals surface area contributed by atoms with Crippen LogP contribution in [0.4, 0.5) is 10.1 Å². The molecule has 1 saturated heterocycles. The lowest BCUT2D eigenvalue weighted by Crippen LogP contribution is -2.49. The van der Waals surface area contributed by atoms with E-state index in [0.29, 0.717) is 43.6 Å². The first-order valence-corrected chi connectivity index (χ1v) is 9.76. The third-order valence-corrected chi connectivity index (χ3v) is 5.45. The SMILES string of the molecule is Cc1cccc2c(=O)n(CCC(=O)N3CCN(c4ccc(F)cc4)CC3)cnc12. The molecule has 3 aromatic rings. The molecule has 150 valence electrons. The van der Waals surface area contributed by atoms with Crippen LogP contribution in [-0.4, -0.2) is 46.5 Å². The second-order valence-electron chi connectivity index (χ2n) is 7.31. The van der Waals surface area contributed by atoms with E-state index in [0.717, 1.165) is 11.3 Å². The van der Waals surface area contributed by atoms with Crippen LogP contribution in [-0.2, 0) is 11.3 Å². The van der Waals surface area contributed by atoms with E-state index < -0.39 is 0 Å². The minimum atomic E-state index is -0.254. The highest BCUT2D eigenvalue weighted by Crippen LogP contribution is 2.17. The lowest BCUT2D eigenvalue weighted by atomic mass is 10.1. The van der Waals surface area contributed by atoms with Crippen molar-refractivity contribution in [3.05, 3.63) is 70.5 Å². The Hall–Kier alpha value is -3.22. The van der Waals surface area contributed by atoms with Crippen LogP contribution in [0.2, 0.25) is 0 Å². The Labute approximate surface area is 168 Å². The molecule has 4 rings (SSSR count). The van der Waals surface area contributed by atoms with Gasteiger partial charge in [-0.2, -0.15) is 0 Å². The van der Waals surface area contributed by atoms with Gasteiger partial charge in [0.1, 0.15) is 5.82 Å². The molecule has 29 heavy (non-hydrogen) atoms. The van der Waals surface area contributed by atoms with Crippen molar-refractivity contribution in [3.8, 4) is 0 Å². The summed E-state index contributed by atoms with van der Waals surface area (Å²) in [4.78, 5) is 33.6. The van der Waals surface area contributed by atoms with Gasteiger partial charge in [-0.3, -0.25) is 14.2 Å². The van der Waals surface area contributed by atoms with Crippen LogP contribution in [0.5, 0.6) is 0 Å². The first-order valence-electron chi connectivity index (χ1n) is 9.76. The van der Waals surface area contributed by atoms with Gasteiger partial charge in [-0.25, -0.2) is 9.37 Å². The number of hydrogen-bond acceptors (Lipinski definition) is 4. The van der Waals surface area contributed by atoms with Gasteiger partial charge >= 0.3 is 0 Å². The van der Waals surface area contributed by atoms with E-state index in [-0.39, 0.29) is 23.7 Å². The summed E-state index contributed by atoms with van der Waals surface area (Å²) in [5.41, 5.74) is 2.51. The fourth-order valence-corrected chi connectivity index (χ4v) is 3.74.